The Morgan fingerprint density at radius 1 is 1.41 bits per heavy atom. The molecule has 17 heavy (non-hydrogen) atoms. The summed E-state index contributed by atoms with van der Waals surface area (Å²) in [5, 5.41) is 3.23. The summed E-state index contributed by atoms with van der Waals surface area (Å²) in [6.45, 7) is 10.4. The Morgan fingerprint density at radius 3 is 2.47 bits per heavy atom. The molecular formula is C14H24BrNS. The molecule has 1 aromatic rings. The summed E-state index contributed by atoms with van der Waals surface area (Å²) in [5.41, 5.74) is 0.354. The van der Waals surface area contributed by atoms with Crippen LogP contribution >= 0.6 is 27.3 Å². The first kappa shape index (κ1) is 15.2. The minimum atomic E-state index is 0.354. The minimum absolute atomic E-state index is 0.354. The number of hydrogen-bond acceptors (Lipinski definition) is 2. The lowest BCUT2D eigenvalue weighted by Gasteiger charge is -2.35. The van der Waals surface area contributed by atoms with Gasteiger partial charge in [-0.05, 0) is 36.8 Å². The van der Waals surface area contributed by atoms with Crippen molar-refractivity contribution in [2.24, 2.45) is 11.3 Å². The summed E-state index contributed by atoms with van der Waals surface area (Å²) in [6.07, 6.45) is 0. The zero-order chi connectivity index (χ0) is 13.1. The largest absolute Gasteiger partial charge is 0.299 e. The lowest BCUT2D eigenvalue weighted by molar-refractivity contribution is 0.160. The van der Waals surface area contributed by atoms with E-state index >= 15 is 0 Å². The highest BCUT2D eigenvalue weighted by Crippen LogP contribution is 2.31. The second-order valence-corrected chi connectivity index (χ2v) is 7.47. The Hall–Kier alpha value is 0.140. The first-order valence-electron chi connectivity index (χ1n) is 6.16. The lowest BCUT2D eigenvalue weighted by atomic mass is 9.81. The van der Waals surface area contributed by atoms with Crippen LogP contribution in [0.3, 0.4) is 0 Å². The molecule has 0 radical (unpaired) electrons. The first-order chi connectivity index (χ1) is 7.86. The van der Waals surface area contributed by atoms with Crippen molar-refractivity contribution < 1.29 is 0 Å². The van der Waals surface area contributed by atoms with E-state index in [-0.39, 0.29) is 0 Å². The molecule has 0 saturated carbocycles. The van der Waals surface area contributed by atoms with Crippen molar-refractivity contribution in [1.29, 1.82) is 0 Å². The maximum Gasteiger partial charge on any atom is 0.0410 e. The Bertz CT molecular complexity index is 315. The van der Waals surface area contributed by atoms with E-state index in [0.29, 0.717) is 17.4 Å². The van der Waals surface area contributed by atoms with Crippen LogP contribution in [0, 0.1) is 11.3 Å². The van der Waals surface area contributed by atoms with Crippen LogP contribution in [0.1, 0.15) is 38.6 Å². The molecule has 1 aromatic heterocycles. The van der Waals surface area contributed by atoms with Crippen molar-refractivity contribution in [3.63, 3.8) is 0 Å². The number of nitrogens with zero attached hydrogens (tertiary/aromatic N) is 1. The van der Waals surface area contributed by atoms with Crippen molar-refractivity contribution in [1.82, 2.24) is 4.90 Å². The summed E-state index contributed by atoms with van der Waals surface area (Å²) in [7, 11) is 2.23. The van der Waals surface area contributed by atoms with Crippen LogP contribution in [-0.2, 0) is 0 Å². The van der Waals surface area contributed by atoms with E-state index in [9.17, 15) is 0 Å². The van der Waals surface area contributed by atoms with Crippen molar-refractivity contribution in [2.75, 3.05) is 18.9 Å². The van der Waals surface area contributed by atoms with E-state index in [4.69, 9.17) is 0 Å². The molecule has 0 spiro atoms. The average Bonchev–Trinajstić information content (AvgIpc) is 2.75. The maximum atomic E-state index is 3.65. The topological polar surface area (TPSA) is 3.24 Å². The molecule has 0 saturated heterocycles. The van der Waals surface area contributed by atoms with Gasteiger partial charge < -0.3 is 0 Å². The molecule has 0 fully saturated rings. The molecule has 0 aliphatic heterocycles. The molecule has 0 N–H and O–H groups in total. The number of halogens is 1. The predicted octanol–water partition coefficient (Wildman–Crippen LogP) is 4.80. The monoisotopic (exact) mass is 317 g/mol. The zero-order valence-corrected chi connectivity index (χ0v) is 13.9. The number of alkyl halides is 1. The number of hydrogen-bond donors (Lipinski definition) is 0. The second-order valence-electron chi connectivity index (χ2n) is 5.85. The molecular weight excluding hydrogens is 294 g/mol. The van der Waals surface area contributed by atoms with Gasteiger partial charge in [-0.3, -0.25) is 4.90 Å². The molecule has 0 aromatic carbocycles. The molecule has 0 bridgehead atoms. The van der Waals surface area contributed by atoms with Gasteiger partial charge in [0.05, 0.1) is 0 Å². The van der Waals surface area contributed by atoms with E-state index in [1.807, 2.05) is 11.3 Å². The average molecular weight is 318 g/mol. The first-order valence-corrected chi connectivity index (χ1v) is 8.16. The third-order valence-electron chi connectivity index (χ3n) is 3.54. The Kier molecular flexibility index (Phi) is 5.68. The Balaban J connectivity index is 2.62. The second kappa shape index (κ2) is 6.35. The molecule has 1 rings (SSSR count). The van der Waals surface area contributed by atoms with Gasteiger partial charge in [0.1, 0.15) is 0 Å². The van der Waals surface area contributed by atoms with Gasteiger partial charge in [0.15, 0.2) is 0 Å². The van der Waals surface area contributed by atoms with Gasteiger partial charge in [-0.25, -0.2) is 0 Å². The van der Waals surface area contributed by atoms with E-state index in [1.54, 1.807) is 0 Å². The summed E-state index contributed by atoms with van der Waals surface area (Å²) < 4.78 is 0. The highest BCUT2D eigenvalue weighted by molar-refractivity contribution is 9.09. The fourth-order valence-electron chi connectivity index (χ4n) is 1.81. The van der Waals surface area contributed by atoms with Crippen LogP contribution in [0.25, 0.3) is 0 Å². The molecule has 0 aliphatic rings. The SMILES string of the molecule is CC(c1cccs1)N(C)CC(CBr)C(C)(C)C. The third-order valence-corrected chi connectivity index (χ3v) is 5.36. The summed E-state index contributed by atoms with van der Waals surface area (Å²) in [5.74, 6) is 0.676. The third kappa shape index (κ3) is 4.38. The normalized spacial score (nSPS) is 16.2. The van der Waals surface area contributed by atoms with Gasteiger partial charge in [-0.2, -0.15) is 0 Å². The van der Waals surface area contributed by atoms with Crippen LogP contribution in [0.15, 0.2) is 17.5 Å². The van der Waals surface area contributed by atoms with E-state index in [2.05, 4.69) is 73.1 Å². The van der Waals surface area contributed by atoms with E-state index < -0.39 is 0 Å². The Morgan fingerprint density at radius 2 is 2.06 bits per heavy atom. The highest BCUT2D eigenvalue weighted by atomic mass is 79.9. The molecule has 0 aliphatic carbocycles. The van der Waals surface area contributed by atoms with Crippen molar-refractivity contribution in [3.8, 4) is 0 Å². The summed E-state index contributed by atoms with van der Waals surface area (Å²) in [6, 6.07) is 4.88. The van der Waals surface area contributed by atoms with Crippen LogP contribution in [-0.4, -0.2) is 23.8 Å². The van der Waals surface area contributed by atoms with Crippen LogP contribution in [0.2, 0.25) is 0 Å². The van der Waals surface area contributed by atoms with E-state index in [0.717, 1.165) is 11.9 Å². The smallest absolute Gasteiger partial charge is 0.0410 e. The fourth-order valence-corrected chi connectivity index (χ4v) is 3.83. The zero-order valence-electron chi connectivity index (χ0n) is 11.5. The summed E-state index contributed by atoms with van der Waals surface area (Å²) >= 11 is 5.50. The molecule has 98 valence electrons. The van der Waals surface area contributed by atoms with E-state index in [1.165, 1.54) is 4.88 Å². The molecule has 2 atom stereocenters. The van der Waals surface area contributed by atoms with Crippen molar-refractivity contribution in [3.05, 3.63) is 22.4 Å². The van der Waals surface area contributed by atoms with Gasteiger partial charge in [0.2, 0.25) is 0 Å². The standard InChI is InChI=1S/C14H24BrNS/c1-11(13-7-6-8-17-13)16(5)10-12(9-15)14(2,3)4/h6-8,11-12H,9-10H2,1-5H3. The minimum Gasteiger partial charge on any atom is -0.299 e. The highest BCUT2D eigenvalue weighted by Gasteiger charge is 2.26. The Labute approximate surface area is 118 Å². The van der Waals surface area contributed by atoms with Gasteiger partial charge >= 0.3 is 0 Å². The van der Waals surface area contributed by atoms with Gasteiger partial charge in [-0.1, -0.05) is 42.8 Å². The maximum absolute atomic E-state index is 3.65. The molecule has 2 unspecified atom stereocenters. The van der Waals surface area contributed by atoms with Crippen LogP contribution in [0.4, 0.5) is 0 Å². The number of thiophene rings is 1. The summed E-state index contributed by atoms with van der Waals surface area (Å²) in [4.78, 5) is 3.91. The lowest BCUT2D eigenvalue weighted by Crippen LogP contribution is -2.35. The van der Waals surface area contributed by atoms with Gasteiger partial charge in [-0.15, -0.1) is 11.3 Å². The molecule has 1 nitrogen and oxygen atoms in total. The van der Waals surface area contributed by atoms with Gasteiger partial charge in [0, 0.05) is 22.8 Å². The molecule has 0 amide bonds. The fraction of sp³-hybridized carbons (Fsp3) is 0.714. The van der Waals surface area contributed by atoms with Gasteiger partial charge in [0.25, 0.3) is 0 Å². The molecule has 1 heterocycles. The van der Waals surface area contributed by atoms with Crippen molar-refractivity contribution in [2.45, 2.75) is 33.7 Å². The molecule has 3 heteroatoms. The predicted molar refractivity (Wildman–Crippen MR) is 82.1 cm³/mol. The van der Waals surface area contributed by atoms with Crippen LogP contribution < -0.4 is 0 Å². The quantitative estimate of drug-likeness (QED) is 0.705. The van der Waals surface area contributed by atoms with Crippen LogP contribution in [0.5, 0.6) is 0 Å². The number of rotatable bonds is 5. The van der Waals surface area contributed by atoms with Crippen molar-refractivity contribution >= 4 is 27.3 Å².